The first-order valence-corrected chi connectivity index (χ1v) is 7.27. The fourth-order valence-electron chi connectivity index (χ4n) is 2.58. The lowest BCUT2D eigenvalue weighted by Crippen LogP contribution is -2.17. The fourth-order valence-corrected chi connectivity index (χ4v) is 3.90. The zero-order valence-corrected chi connectivity index (χ0v) is 11.4. The van der Waals surface area contributed by atoms with Crippen molar-refractivity contribution in [3.63, 3.8) is 0 Å². The molecule has 2 heterocycles. The summed E-state index contributed by atoms with van der Waals surface area (Å²) >= 11 is 1.99. The van der Waals surface area contributed by atoms with E-state index in [1.165, 1.54) is 16.2 Å². The standard InChI is InChI=1S/C15H18N2S/c1-11(16)14-6-4-8-17(14)10-13-9-12-5-2-3-7-15(12)18-13/h2-8,11,13H,9-10,16H2,1H3. The summed E-state index contributed by atoms with van der Waals surface area (Å²) in [6, 6.07) is 13.0. The smallest absolute Gasteiger partial charge is 0.0421 e. The molecule has 3 heteroatoms. The first-order chi connectivity index (χ1) is 8.74. The van der Waals surface area contributed by atoms with Gasteiger partial charge < -0.3 is 10.3 Å². The topological polar surface area (TPSA) is 30.9 Å². The van der Waals surface area contributed by atoms with Crippen LogP contribution >= 0.6 is 11.8 Å². The molecular weight excluding hydrogens is 240 g/mol. The Balaban J connectivity index is 1.74. The first-order valence-electron chi connectivity index (χ1n) is 6.39. The molecule has 1 aromatic heterocycles. The molecule has 0 aliphatic carbocycles. The van der Waals surface area contributed by atoms with Gasteiger partial charge in [-0.05, 0) is 37.1 Å². The summed E-state index contributed by atoms with van der Waals surface area (Å²) in [5.41, 5.74) is 8.71. The third kappa shape index (κ3) is 2.20. The van der Waals surface area contributed by atoms with Crippen LogP contribution in [0.1, 0.15) is 24.2 Å². The van der Waals surface area contributed by atoms with Gasteiger partial charge in [0.1, 0.15) is 0 Å². The molecule has 0 saturated heterocycles. The van der Waals surface area contributed by atoms with E-state index in [0.29, 0.717) is 5.25 Å². The monoisotopic (exact) mass is 258 g/mol. The van der Waals surface area contributed by atoms with Crippen molar-refractivity contribution >= 4 is 11.8 Å². The molecule has 1 aliphatic rings. The van der Waals surface area contributed by atoms with Crippen LogP contribution in [0.25, 0.3) is 0 Å². The van der Waals surface area contributed by atoms with Crippen molar-refractivity contribution < 1.29 is 0 Å². The number of fused-ring (bicyclic) bond motifs is 1. The Kier molecular flexibility index (Phi) is 3.18. The molecule has 3 rings (SSSR count). The Labute approximate surface area is 112 Å². The number of nitrogens with two attached hydrogens (primary N) is 1. The summed E-state index contributed by atoms with van der Waals surface area (Å²) < 4.78 is 2.30. The summed E-state index contributed by atoms with van der Waals surface area (Å²) in [7, 11) is 0. The second kappa shape index (κ2) is 4.82. The van der Waals surface area contributed by atoms with Gasteiger partial charge >= 0.3 is 0 Å². The lowest BCUT2D eigenvalue weighted by Gasteiger charge is -2.15. The second-order valence-corrected chi connectivity index (χ2v) is 6.27. The maximum Gasteiger partial charge on any atom is 0.0421 e. The fraction of sp³-hybridized carbons (Fsp3) is 0.333. The summed E-state index contributed by atoms with van der Waals surface area (Å²) in [5.74, 6) is 0. The molecule has 2 atom stereocenters. The van der Waals surface area contributed by atoms with Gasteiger partial charge in [-0.25, -0.2) is 0 Å². The highest BCUT2D eigenvalue weighted by molar-refractivity contribution is 8.00. The molecule has 1 aromatic carbocycles. The zero-order chi connectivity index (χ0) is 12.5. The summed E-state index contributed by atoms with van der Waals surface area (Å²) in [6.07, 6.45) is 3.31. The molecule has 2 N–H and O–H groups in total. The molecule has 0 amide bonds. The quantitative estimate of drug-likeness (QED) is 0.916. The third-order valence-electron chi connectivity index (χ3n) is 3.45. The Bertz CT molecular complexity index is 520. The minimum atomic E-state index is 0.105. The molecule has 0 bridgehead atoms. The second-order valence-electron chi connectivity index (χ2n) is 4.93. The highest BCUT2D eigenvalue weighted by atomic mass is 32.2. The lowest BCUT2D eigenvalue weighted by molar-refractivity contribution is 0.608. The predicted molar refractivity (Wildman–Crippen MR) is 76.8 cm³/mol. The average Bonchev–Trinajstić information content (AvgIpc) is 2.94. The van der Waals surface area contributed by atoms with E-state index in [9.17, 15) is 0 Å². The Morgan fingerprint density at radius 3 is 2.94 bits per heavy atom. The van der Waals surface area contributed by atoms with Gasteiger partial charge in [0.05, 0.1) is 0 Å². The van der Waals surface area contributed by atoms with E-state index in [-0.39, 0.29) is 6.04 Å². The van der Waals surface area contributed by atoms with Crippen LogP contribution in [0, 0.1) is 0 Å². The van der Waals surface area contributed by atoms with Gasteiger partial charge in [0.25, 0.3) is 0 Å². The number of hydrogen-bond acceptors (Lipinski definition) is 2. The number of thioether (sulfide) groups is 1. The van der Waals surface area contributed by atoms with Crippen molar-refractivity contribution in [2.24, 2.45) is 5.73 Å². The highest BCUT2D eigenvalue weighted by Gasteiger charge is 2.22. The molecule has 18 heavy (non-hydrogen) atoms. The molecule has 0 radical (unpaired) electrons. The Morgan fingerprint density at radius 2 is 2.17 bits per heavy atom. The van der Waals surface area contributed by atoms with Crippen LogP contribution in [0.2, 0.25) is 0 Å². The minimum Gasteiger partial charge on any atom is -0.349 e. The maximum absolute atomic E-state index is 5.99. The van der Waals surface area contributed by atoms with Crippen LogP contribution in [-0.2, 0) is 13.0 Å². The van der Waals surface area contributed by atoms with E-state index in [1.54, 1.807) is 0 Å². The number of hydrogen-bond donors (Lipinski definition) is 1. The third-order valence-corrected chi connectivity index (χ3v) is 4.75. The molecule has 2 unspecified atom stereocenters. The van der Waals surface area contributed by atoms with E-state index in [1.807, 2.05) is 18.7 Å². The van der Waals surface area contributed by atoms with Crippen LogP contribution in [0.3, 0.4) is 0 Å². The van der Waals surface area contributed by atoms with Crippen LogP contribution in [0.5, 0.6) is 0 Å². The van der Waals surface area contributed by atoms with Gasteiger partial charge in [-0.2, -0.15) is 0 Å². The normalized spacial score (nSPS) is 19.8. The lowest BCUT2D eigenvalue weighted by atomic mass is 10.1. The van der Waals surface area contributed by atoms with E-state index < -0.39 is 0 Å². The van der Waals surface area contributed by atoms with E-state index in [4.69, 9.17) is 5.73 Å². The van der Waals surface area contributed by atoms with Crippen molar-refractivity contribution in [1.29, 1.82) is 0 Å². The van der Waals surface area contributed by atoms with Crippen molar-refractivity contribution in [3.8, 4) is 0 Å². The SMILES string of the molecule is CC(N)c1cccn1CC1Cc2ccccc2S1. The van der Waals surface area contributed by atoms with Crippen molar-refractivity contribution in [2.75, 3.05) is 0 Å². The Hall–Kier alpha value is -1.19. The molecule has 0 fully saturated rings. The minimum absolute atomic E-state index is 0.105. The van der Waals surface area contributed by atoms with Crippen molar-refractivity contribution in [2.45, 2.75) is 36.1 Å². The number of aromatic nitrogens is 1. The molecular formula is C15H18N2S. The van der Waals surface area contributed by atoms with Gasteiger partial charge in [-0.3, -0.25) is 0 Å². The average molecular weight is 258 g/mol. The molecule has 94 valence electrons. The van der Waals surface area contributed by atoms with E-state index in [2.05, 4.69) is 47.2 Å². The van der Waals surface area contributed by atoms with Crippen LogP contribution in [0.15, 0.2) is 47.5 Å². The van der Waals surface area contributed by atoms with Gasteiger partial charge in [0, 0.05) is 34.6 Å². The van der Waals surface area contributed by atoms with Gasteiger partial charge in [-0.1, -0.05) is 18.2 Å². The van der Waals surface area contributed by atoms with Gasteiger partial charge in [-0.15, -0.1) is 11.8 Å². The first kappa shape index (κ1) is 11.9. The predicted octanol–water partition coefficient (Wildman–Crippen LogP) is 3.22. The van der Waals surface area contributed by atoms with Crippen LogP contribution < -0.4 is 5.73 Å². The number of benzene rings is 1. The molecule has 0 saturated carbocycles. The molecule has 0 spiro atoms. The summed E-state index contributed by atoms with van der Waals surface area (Å²) in [5, 5.41) is 0.632. The zero-order valence-electron chi connectivity index (χ0n) is 10.5. The molecule has 1 aliphatic heterocycles. The van der Waals surface area contributed by atoms with Crippen molar-refractivity contribution in [1.82, 2.24) is 4.57 Å². The molecule has 2 aromatic rings. The maximum atomic E-state index is 5.99. The largest absolute Gasteiger partial charge is 0.349 e. The van der Waals surface area contributed by atoms with E-state index >= 15 is 0 Å². The Morgan fingerprint density at radius 1 is 1.33 bits per heavy atom. The summed E-state index contributed by atoms with van der Waals surface area (Å²) in [4.78, 5) is 1.44. The highest BCUT2D eigenvalue weighted by Crippen LogP contribution is 2.37. The number of nitrogens with zero attached hydrogens (tertiary/aromatic N) is 1. The summed E-state index contributed by atoms with van der Waals surface area (Å²) in [6.45, 7) is 3.09. The van der Waals surface area contributed by atoms with Crippen molar-refractivity contribution in [3.05, 3.63) is 53.9 Å². The van der Waals surface area contributed by atoms with Gasteiger partial charge in [0.2, 0.25) is 0 Å². The van der Waals surface area contributed by atoms with Gasteiger partial charge in [0.15, 0.2) is 0 Å². The molecule has 2 nitrogen and oxygen atoms in total. The number of rotatable bonds is 3. The van der Waals surface area contributed by atoms with Crippen LogP contribution in [0.4, 0.5) is 0 Å². The van der Waals surface area contributed by atoms with Crippen LogP contribution in [-0.4, -0.2) is 9.82 Å². The van der Waals surface area contributed by atoms with E-state index in [0.717, 1.165) is 13.0 Å².